The van der Waals surface area contributed by atoms with Crippen molar-refractivity contribution in [2.75, 3.05) is 6.61 Å². The molecule has 15 heavy (non-hydrogen) atoms. The SMILES string of the molecule is O=C1CC(=O)C(CCCCCCO)C1=O. The van der Waals surface area contributed by atoms with Crippen molar-refractivity contribution < 1.29 is 19.5 Å². The second kappa shape index (κ2) is 5.75. The van der Waals surface area contributed by atoms with E-state index in [2.05, 4.69) is 0 Å². The van der Waals surface area contributed by atoms with Crippen LogP contribution in [0.4, 0.5) is 0 Å². The van der Waals surface area contributed by atoms with Crippen LogP contribution in [0.15, 0.2) is 0 Å². The van der Waals surface area contributed by atoms with Gasteiger partial charge in [-0.05, 0) is 12.8 Å². The second-order valence-corrected chi connectivity index (χ2v) is 3.91. The Bertz CT molecular complexity index is 270. The van der Waals surface area contributed by atoms with Gasteiger partial charge in [0.2, 0.25) is 11.6 Å². The summed E-state index contributed by atoms with van der Waals surface area (Å²) in [5, 5.41) is 8.54. The number of Topliss-reactive ketones (excluding diaryl/α,β-unsaturated/α-hetero) is 3. The summed E-state index contributed by atoms with van der Waals surface area (Å²) in [6, 6.07) is 0. The Morgan fingerprint density at radius 2 is 1.73 bits per heavy atom. The van der Waals surface area contributed by atoms with E-state index in [0.29, 0.717) is 6.42 Å². The van der Waals surface area contributed by atoms with Gasteiger partial charge in [0.25, 0.3) is 0 Å². The van der Waals surface area contributed by atoms with Gasteiger partial charge in [0.05, 0.1) is 12.3 Å². The Morgan fingerprint density at radius 1 is 1.07 bits per heavy atom. The summed E-state index contributed by atoms with van der Waals surface area (Å²) in [4.78, 5) is 33.4. The first-order valence-electron chi connectivity index (χ1n) is 5.37. The number of rotatable bonds is 6. The molecule has 0 heterocycles. The number of carbonyl (C=O) groups excluding carboxylic acids is 3. The predicted molar refractivity (Wildman–Crippen MR) is 53.3 cm³/mol. The van der Waals surface area contributed by atoms with Crippen molar-refractivity contribution in [3.8, 4) is 0 Å². The number of hydrogen-bond donors (Lipinski definition) is 1. The lowest BCUT2D eigenvalue weighted by Crippen LogP contribution is -2.16. The first-order chi connectivity index (χ1) is 7.16. The fourth-order valence-corrected chi connectivity index (χ4v) is 1.82. The Labute approximate surface area is 88.7 Å². The first kappa shape index (κ1) is 12.0. The van der Waals surface area contributed by atoms with Crippen molar-refractivity contribution in [2.24, 2.45) is 5.92 Å². The van der Waals surface area contributed by atoms with Gasteiger partial charge < -0.3 is 5.11 Å². The van der Waals surface area contributed by atoms with Crippen LogP contribution in [0.2, 0.25) is 0 Å². The summed E-state index contributed by atoms with van der Waals surface area (Å²) in [5.41, 5.74) is 0. The molecule has 1 fully saturated rings. The molecule has 1 saturated carbocycles. The molecule has 1 rings (SSSR count). The Kier molecular flexibility index (Phi) is 4.62. The van der Waals surface area contributed by atoms with E-state index >= 15 is 0 Å². The van der Waals surface area contributed by atoms with Crippen LogP contribution in [-0.4, -0.2) is 29.1 Å². The molecule has 0 aliphatic heterocycles. The van der Waals surface area contributed by atoms with Gasteiger partial charge in [-0.3, -0.25) is 14.4 Å². The van der Waals surface area contributed by atoms with Crippen LogP contribution in [0.5, 0.6) is 0 Å². The van der Waals surface area contributed by atoms with Crippen LogP contribution in [-0.2, 0) is 14.4 Å². The number of hydrogen-bond acceptors (Lipinski definition) is 4. The maximum Gasteiger partial charge on any atom is 0.209 e. The molecule has 0 aromatic carbocycles. The van der Waals surface area contributed by atoms with Gasteiger partial charge in [0.1, 0.15) is 0 Å². The zero-order valence-electron chi connectivity index (χ0n) is 8.70. The maximum atomic E-state index is 11.2. The second-order valence-electron chi connectivity index (χ2n) is 3.91. The lowest BCUT2D eigenvalue weighted by molar-refractivity contribution is -0.136. The number of unbranched alkanes of at least 4 members (excludes halogenated alkanes) is 3. The highest BCUT2D eigenvalue weighted by Gasteiger charge is 2.39. The van der Waals surface area contributed by atoms with Crippen molar-refractivity contribution in [1.82, 2.24) is 0 Å². The third kappa shape index (κ3) is 3.23. The van der Waals surface area contributed by atoms with Gasteiger partial charge in [-0.25, -0.2) is 0 Å². The van der Waals surface area contributed by atoms with Crippen molar-refractivity contribution in [2.45, 2.75) is 38.5 Å². The molecule has 1 atom stereocenters. The number of aliphatic hydroxyl groups is 1. The smallest absolute Gasteiger partial charge is 0.209 e. The van der Waals surface area contributed by atoms with E-state index in [1.54, 1.807) is 0 Å². The van der Waals surface area contributed by atoms with Crippen LogP contribution >= 0.6 is 0 Å². The molecule has 0 aromatic rings. The third-order valence-electron chi connectivity index (χ3n) is 2.72. The van der Waals surface area contributed by atoms with Crippen LogP contribution in [0.1, 0.15) is 38.5 Å². The largest absolute Gasteiger partial charge is 0.396 e. The average Bonchev–Trinajstić information content (AvgIpc) is 2.44. The molecule has 0 amide bonds. The molecule has 0 bridgehead atoms. The normalized spacial score (nSPS) is 21.4. The molecule has 1 unspecified atom stereocenters. The predicted octanol–water partition coefficient (Wildman–Crippen LogP) is 0.656. The quantitative estimate of drug-likeness (QED) is 0.399. The summed E-state index contributed by atoms with van der Waals surface area (Å²) in [5.74, 6) is -1.90. The Hall–Kier alpha value is -1.03. The number of carbonyl (C=O) groups is 3. The van der Waals surface area contributed by atoms with Gasteiger partial charge in [-0.15, -0.1) is 0 Å². The van der Waals surface area contributed by atoms with E-state index in [1.807, 2.05) is 0 Å². The lowest BCUT2D eigenvalue weighted by Gasteiger charge is -2.04. The van der Waals surface area contributed by atoms with E-state index in [1.165, 1.54) is 0 Å². The summed E-state index contributed by atoms with van der Waals surface area (Å²) in [7, 11) is 0. The van der Waals surface area contributed by atoms with Crippen LogP contribution in [0.25, 0.3) is 0 Å². The Balaban J connectivity index is 2.24. The average molecular weight is 212 g/mol. The summed E-state index contributed by atoms with van der Waals surface area (Å²) < 4.78 is 0. The highest BCUT2D eigenvalue weighted by Crippen LogP contribution is 2.21. The van der Waals surface area contributed by atoms with E-state index in [0.717, 1.165) is 25.7 Å². The lowest BCUT2D eigenvalue weighted by atomic mass is 9.98. The molecular formula is C11H16O4. The monoisotopic (exact) mass is 212 g/mol. The van der Waals surface area contributed by atoms with Crippen molar-refractivity contribution >= 4 is 17.3 Å². The summed E-state index contributed by atoms with van der Waals surface area (Å²) in [6.45, 7) is 0.180. The molecule has 1 aliphatic rings. The molecule has 4 nitrogen and oxygen atoms in total. The molecule has 1 N–H and O–H groups in total. The topological polar surface area (TPSA) is 71.4 Å². The standard InChI is InChI=1S/C11H16O4/c12-6-4-2-1-3-5-8-9(13)7-10(14)11(8)15/h8,12H,1-7H2. The fraction of sp³-hybridized carbons (Fsp3) is 0.727. The highest BCUT2D eigenvalue weighted by molar-refractivity contribution is 6.49. The molecular weight excluding hydrogens is 196 g/mol. The van der Waals surface area contributed by atoms with Gasteiger partial charge in [0.15, 0.2) is 5.78 Å². The first-order valence-corrected chi connectivity index (χ1v) is 5.37. The number of aliphatic hydroxyl groups excluding tert-OH is 1. The molecule has 4 heteroatoms. The molecule has 0 spiro atoms. The minimum Gasteiger partial charge on any atom is -0.396 e. The summed E-state index contributed by atoms with van der Waals surface area (Å²) in [6.07, 6.45) is 3.63. The van der Waals surface area contributed by atoms with Crippen molar-refractivity contribution in [3.63, 3.8) is 0 Å². The summed E-state index contributed by atoms with van der Waals surface area (Å²) >= 11 is 0. The maximum absolute atomic E-state index is 11.2. The van der Waals surface area contributed by atoms with Crippen LogP contribution in [0, 0.1) is 5.92 Å². The van der Waals surface area contributed by atoms with E-state index in [-0.39, 0.29) is 18.8 Å². The fourth-order valence-electron chi connectivity index (χ4n) is 1.82. The minimum absolute atomic E-state index is 0.180. The van der Waals surface area contributed by atoms with Gasteiger partial charge in [0, 0.05) is 6.61 Å². The molecule has 84 valence electrons. The molecule has 0 radical (unpaired) electrons. The van der Waals surface area contributed by atoms with Crippen molar-refractivity contribution in [3.05, 3.63) is 0 Å². The van der Waals surface area contributed by atoms with E-state index in [4.69, 9.17) is 5.11 Å². The minimum atomic E-state index is -0.661. The van der Waals surface area contributed by atoms with Crippen LogP contribution < -0.4 is 0 Å². The zero-order valence-corrected chi connectivity index (χ0v) is 8.70. The van der Waals surface area contributed by atoms with Gasteiger partial charge in [-0.1, -0.05) is 19.3 Å². The van der Waals surface area contributed by atoms with Crippen molar-refractivity contribution in [1.29, 1.82) is 0 Å². The van der Waals surface area contributed by atoms with Gasteiger partial charge >= 0.3 is 0 Å². The third-order valence-corrected chi connectivity index (χ3v) is 2.72. The molecule has 1 aliphatic carbocycles. The zero-order chi connectivity index (χ0) is 11.3. The van der Waals surface area contributed by atoms with Gasteiger partial charge in [-0.2, -0.15) is 0 Å². The van der Waals surface area contributed by atoms with E-state index < -0.39 is 17.5 Å². The Morgan fingerprint density at radius 3 is 2.27 bits per heavy atom. The molecule has 0 aromatic heterocycles. The molecule has 0 saturated heterocycles. The highest BCUT2D eigenvalue weighted by atomic mass is 16.3. The van der Waals surface area contributed by atoms with Crippen LogP contribution in [0.3, 0.4) is 0 Å². The van der Waals surface area contributed by atoms with E-state index in [9.17, 15) is 14.4 Å². The number of ketones is 3.